The van der Waals surface area contributed by atoms with Crippen LogP contribution in [0.1, 0.15) is 18.1 Å². The maximum atomic E-state index is 11.0. The first kappa shape index (κ1) is 13.8. The zero-order valence-electron chi connectivity index (χ0n) is 11.4. The summed E-state index contributed by atoms with van der Waals surface area (Å²) in [6, 6.07) is 8.77. The number of phenolic OH excluding ortho intramolecular Hbond substituents is 1. The van der Waals surface area contributed by atoms with Gasteiger partial charge in [-0.25, -0.2) is 4.98 Å². The minimum atomic E-state index is -0.0133. The van der Waals surface area contributed by atoms with Crippen molar-refractivity contribution in [3.05, 3.63) is 53.7 Å². The summed E-state index contributed by atoms with van der Waals surface area (Å²) < 4.78 is 0. The number of carbonyl (C=O) groups is 1. The van der Waals surface area contributed by atoms with Crippen LogP contribution in [0.4, 0.5) is 11.5 Å². The molecule has 0 unspecified atom stereocenters. The predicted molar refractivity (Wildman–Crippen MR) is 80.1 cm³/mol. The molecule has 2 rings (SSSR count). The van der Waals surface area contributed by atoms with E-state index in [0.717, 1.165) is 16.8 Å². The maximum Gasteiger partial charge on any atom is 0.152 e. The number of allylic oxidation sites excluding steroid dienone is 1. The van der Waals surface area contributed by atoms with Gasteiger partial charge in [0.05, 0.1) is 0 Å². The summed E-state index contributed by atoms with van der Waals surface area (Å²) in [5.74, 6) is 0.880. The molecular weight excluding hydrogens is 252 g/mol. The van der Waals surface area contributed by atoms with Crippen molar-refractivity contribution in [1.29, 1.82) is 0 Å². The van der Waals surface area contributed by atoms with Crippen molar-refractivity contribution in [1.82, 2.24) is 4.98 Å². The highest BCUT2D eigenvalue weighted by molar-refractivity contribution is 5.92. The van der Waals surface area contributed by atoms with Gasteiger partial charge in [-0.15, -0.1) is 0 Å². The lowest BCUT2D eigenvalue weighted by Gasteiger charge is -2.11. The van der Waals surface area contributed by atoms with Gasteiger partial charge in [0.15, 0.2) is 5.78 Å². The second kappa shape index (κ2) is 6.02. The van der Waals surface area contributed by atoms with Gasteiger partial charge in [-0.3, -0.25) is 4.79 Å². The van der Waals surface area contributed by atoms with Gasteiger partial charge in [0, 0.05) is 17.4 Å². The van der Waals surface area contributed by atoms with Crippen LogP contribution in [0.2, 0.25) is 0 Å². The SMILES string of the molecule is CC(=O)/C=C/c1cccnc1Nc1ccc(O)cc1C. The van der Waals surface area contributed by atoms with Gasteiger partial charge in [-0.2, -0.15) is 0 Å². The molecule has 2 N–H and O–H groups in total. The number of carbonyl (C=O) groups excluding carboxylic acids is 1. The molecule has 1 aromatic carbocycles. The third-order valence-corrected chi connectivity index (χ3v) is 2.80. The zero-order valence-corrected chi connectivity index (χ0v) is 11.4. The molecule has 0 atom stereocenters. The number of aromatic hydroxyl groups is 1. The molecule has 0 aliphatic heterocycles. The summed E-state index contributed by atoms with van der Waals surface area (Å²) in [6.45, 7) is 3.40. The first-order valence-corrected chi connectivity index (χ1v) is 6.26. The van der Waals surface area contributed by atoms with Crippen LogP contribution in [0.15, 0.2) is 42.6 Å². The average molecular weight is 268 g/mol. The number of rotatable bonds is 4. The van der Waals surface area contributed by atoms with Crippen molar-refractivity contribution in [2.45, 2.75) is 13.8 Å². The fourth-order valence-corrected chi connectivity index (χ4v) is 1.78. The third kappa shape index (κ3) is 3.45. The molecule has 0 bridgehead atoms. The smallest absolute Gasteiger partial charge is 0.152 e. The van der Waals surface area contributed by atoms with E-state index in [2.05, 4.69) is 10.3 Å². The molecule has 0 fully saturated rings. The van der Waals surface area contributed by atoms with Crippen LogP contribution in [0.5, 0.6) is 5.75 Å². The number of aromatic nitrogens is 1. The fraction of sp³-hybridized carbons (Fsp3) is 0.125. The van der Waals surface area contributed by atoms with Gasteiger partial charge in [0.2, 0.25) is 0 Å². The maximum absolute atomic E-state index is 11.0. The van der Waals surface area contributed by atoms with Crippen LogP contribution in [0.3, 0.4) is 0 Å². The third-order valence-electron chi connectivity index (χ3n) is 2.80. The summed E-state index contributed by atoms with van der Waals surface area (Å²) in [5, 5.41) is 12.6. The van der Waals surface area contributed by atoms with E-state index in [0.29, 0.717) is 5.82 Å². The lowest BCUT2D eigenvalue weighted by molar-refractivity contribution is -0.112. The number of phenols is 1. The van der Waals surface area contributed by atoms with Crippen molar-refractivity contribution < 1.29 is 9.90 Å². The van der Waals surface area contributed by atoms with Gasteiger partial charge >= 0.3 is 0 Å². The van der Waals surface area contributed by atoms with Gasteiger partial charge < -0.3 is 10.4 Å². The Morgan fingerprint density at radius 1 is 1.35 bits per heavy atom. The molecule has 4 heteroatoms. The van der Waals surface area contributed by atoms with E-state index >= 15 is 0 Å². The van der Waals surface area contributed by atoms with Gasteiger partial charge in [0.1, 0.15) is 11.6 Å². The molecule has 1 aromatic heterocycles. The lowest BCUT2D eigenvalue weighted by atomic mass is 10.1. The van der Waals surface area contributed by atoms with E-state index in [1.165, 1.54) is 13.0 Å². The molecule has 20 heavy (non-hydrogen) atoms. The minimum absolute atomic E-state index is 0.0133. The number of pyridine rings is 1. The molecular formula is C16H16N2O2. The summed E-state index contributed by atoms with van der Waals surface area (Å²) in [5.41, 5.74) is 2.60. The Kier molecular flexibility index (Phi) is 4.15. The monoisotopic (exact) mass is 268 g/mol. The summed E-state index contributed by atoms with van der Waals surface area (Å²) >= 11 is 0. The Morgan fingerprint density at radius 3 is 2.85 bits per heavy atom. The molecule has 0 radical (unpaired) electrons. The highest BCUT2D eigenvalue weighted by Crippen LogP contribution is 2.25. The molecule has 0 spiro atoms. The van der Waals surface area contributed by atoms with Crippen molar-refractivity contribution in [2.24, 2.45) is 0 Å². The van der Waals surface area contributed by atoms with Crippen LogP contribution in [-0.2, 0) is 4.79 Å². The highest BCUT2D eigenvalue weighted by Gasteiger charge is 2.04. The van der Waals surface area contributed by atoms with Crippen LogP contribution in [-0.4, -0.2) is 15.9 Å². The largest absolute Gasteiger partial charge is 0.508 e. The summed E-state index contributed by atoms with van der Waals surface area (Å²) in [7, 11) is 0. The molecule has 1 heterocycles. The average Bonchev–Trinajstić information content (AvgIpc) is 2.41. The number of anilines is 2. The van der Waals surface area contributed by atoms with Gasteiger partial charge in [0.25, 0.3) is 0 Å². The molecule has 0 aliphatic rings. The van der Waals surface area contributed by atoms with Crippen LogP contribution in [0.25, 0.3) is 6.08 Å². The molecule has 0 saturated heterocycles. The van der Waals surface area contributed by atoms with Crippen molar-refractivity contribution in [3.63, 3.8) is 0 Å². The standard InChI is InChI=1S/C16H16N2O2/c1-11-10-14(20)7-8-15(11)18-16-13(4-3-9-17-16)6-5-12(2)19/h3-10,20H,1-2H3,(H,17,18)/b6-5+. The Bertz CT molecular complexity index is 663. The van der Waals surface area contributed by atoms with E-state index in [9.17, 15) is 9.90 Å². The van der Waals surface area contributed by atoms with E-state index in [4.69, 9.17) is 0 Å². The summed E-state index contributed by atoms with van der Waals surface area (Å²) in [4.78, 5) is 15.3. The molecule has 2 aromatic rings. The Labute approximate surface area is 117 Å². The predicted octanol–water partition coefficient (Wildman–Crippen LogP) is 3.44. The molecule has 4 nitrogen and oxygen atoms in total. The molecule has 102 valence electrons. The van der Waals surface area contributed by atoms with Crippen molar-refractivity contribution in [3.8, 4) is 5.75 Å². The van der Waals surface area contributed by atoms with Gasteiger partial charge in [-0.05, 0) is 61.9 Å². The first-order valence-electron chi connectivity index (χ1n) is 6.26. The lowest BCUT2D eigenvalue weighted by Crippen LogP contribution is -1.98. The van der Waals surface area contributed by atoms with E-state index in [-0.39, 0.29) is 11.5 Å². The molecule has 0 aliphatic carbocycles. The van der Waals surface area contributed by atoms with E-state index < -0.39 is 0 Å². The molecule has 0 amide bonds. The number of ketones is 1. The fourth-order valence-electron chi connectivity index (χ4n) is 1.78. The van der Waals surface area contributed by atoms with Crippen LogP contribution < -0.4 is 5.32 Å². The second-order valence-electron chi connectivity index (χ2n) is 4.51. The Balaban J connectivity index is 2.31. The van der Waals surface area contributed by atoms with E-state index in [1.54, 1.807) is 30.5 Å². The number of hydrogen-bond donors (Lipinski definition) is 2. The minimum Gasteiger partial charge on any atom is -0.508 e. The second-order valence-corrected chi connectivity index (χ2v) is 4.51. The van der Waals surface area contributed by atoms with Crippen molar-refractivity contribution in [2.75, 3.05) is 5.32 Å². The Morgan fingerprint density at radius 2 is 2.15 bits per heavy atom. The summed E-state index contributed by atoms with van der Waals surface area (Å²) in [6.07, 6.45) is 4.92. The number of hydrogen-bond acceptors (Lipinski definition) is 4. The first-order chi connectivity index (χ1) is 9.56. The normalized spacial score (nSPS) is 10.7. The van der Waals surface area contributed by atoms with Crippen LogP contribution in [0, 0.1) is 6.92 Å². The Hall–Kier alpha value is -2.62. The highest BCUT2D eigenvalue weighted by atomic mass is 16.3. The topological polar surface area (TPSA) is 62.2 Å². The zero-order chi connectivity index (χ0) is 14.5. The number of aryl methyl sites for hydroxylation is 1. The number of benzene rings is 1. The van der Waals surface area contributed by atoms with Crippen LogP contribution >= 0.6 is 0 Å². The number of nitrogens with one attached hydrogen (secondary N) is 1. The van der Waals surface area contributed by atoms with E-state index in [1.807, 2.05) is 19.1 Å². The number of nitrogens with zero attached hydrogens (tertiary/aromatic N) is 1. The molecule has 0 saturated carbocycles. The van der Waals surface area contributed by atoms with Gasteiger partial charge in [-0.1, -0.05) is 0 Å². The quantitative estimate of drug-likeness (QED) is 0.658. The van der Waals surface area contributed by atoms with Crippen molar-refractivity contribution >= 4 is 23.4 Å².